The summed E-state index contributed by atoms with van der Waals surface area (Å²) in [6, 6.07) is 11.0. The topological polar surface area (TPSA) is 32.3 Å². The lowest BCUT2D eigenvalue weighted by Gasteiger charge is -2.22. The molecule has 1 aliphatic carbocycles. The molecule has 1 unspecified atom stereocenters. The Morgan fingerprint density at radius 1 is 1.27 bits per heavy atom. The maximum atomic E-state index is 9.72. The van der Waals surface area contributed by atoms with E-state index in [1.165, 1.54) is 5.56 Å². The molecule has 0 amide bonds. The summed E-state index contributed by atoms with van der Waals surface area (Å²) >= 11 is 0. The molecule has 0 aliphatic heterocycles. The zero-order valence-electron chi connectivity index (χ0n) is 9.19. The maximum Gasteiger partial charge on any atom is 0.0693 e. The standard InChI is InChI=1S/C13H19NO/c1-10(11-6-3-2-4-7-11)14-12-8-5-9-13(12)15/h2-4,6-7,10,12-15H,5,8-9H2,1H3/t10-,12?,13+/m1/s1. The summed E-state index contributed by atoms with van der Waals surface area (Å²) in [5.74, 6) is 0. The van der Waals surface area contributed by atoms with Crippen LogP contribution in [0.1, 0.15) is 37.8 Å². The van der Waals surface area contributed by atoms with Gasteiger partial charge in [-0.2, -0.15) is 0 Å². The minimum Gasteiger partial charge on any atom is -0.392 e. The molecule has 1 saturated carbocycles. The van der Waals surface area contributed by atoms with Gasteiger partial charge in [-0.3, -0.25) is 0 Å². The lowest BCUT2D eigenvalue weighted by molar-refractivity contribution is 0.144. The van der Waals surface area contributed by atoms with Crippen molar-refractivity contribution in [3.8, 4) is 0 Å². The average Bonchev–Trinajstić information content (AvgIpc) is 2.66. The molecule has 0 bridgehead atoms. The molecule has 2 rings (SSSR count). The highest BCUT2D eigenvalue weighted by molar-refractivity contribution is 5.18. The summed E-state index contributed by atoms with van der Waals surface area (Å²) in [7, 11) is 0. The minimum absolute atomic E-state index is 0.156. The van der Waals surface area contributed by atoms with Gasteiger partial charge in [0.25, 0.3) is 0 Å². The van der Waals surface area contributed by atoms with Crippen molar-refractivity contribution in [2.75, 3.05) is 0 Å². The molecule has 2 nitrogen and oxygen atoms in total. The molecule has 0 aromatic heterocycles. The van der Waals surface area contributed by atoms with Crippen LogP contribution in [0, 0.1) is 0 Å². The second-order valence-corrected chi connectivity index (χ2v) is 4.40. The first-order chi connectivity index (χ1) is 7.27. The van der Waals surface area contributed by atoms with Gasteiger partial charge in [0, 0.05) is 12.1 Å². The Morgan fingerprint density at radius 2 is 2.00 bits per heavy atom. The van der Waals surface area contributed by atoms with Crippen molar-refractivity contribution in [3.05, 3.63) is 35.9 Å². The zero-order chi connectivity index (χ0) is 10.7. The van der Waals surface area contributed by atoms with Gasteiger partial charge in [-0.15, -0.1) is 0 Å². The fourth-order valence-electron chi connectivity index (χ4n) is 2.29. The van der Waals surface area contributed by atoms with Crippen LogP contribution < -0.4 is 5.32 Å². The van der Waals surface area contributed by atoms with Gasteiger partial charge in [-0.1, -0.05) is 30.3 Å². The molecule has 3 atom stereocenters. The SMILES string of the molecule is C[C@@H](NC1CCC[C@@H]1O)c1ccccc1. The van der Waals surface area contributed by atoms with Crippen LogP contribution in [0.2, 0.25) is 0 Å². The number of benzene rings is 1. The quantitative estimate of drug-likeness (QED) is 0.793. The van der Waals surface area contributed by atoms with Crippen LogP contribution in [0.25, 0.3) is 0 Å². The van der Waals surface area contributed by atoms with Gasteiger partial charge in [-0.05, 0) is 31.7 Å². The van der Waals surface area contributed by atoms with E-state index >= 15 is 0 Å². The molecule has 1 aromatic rings. The maximum absolute atomic E-state index is 9.72. The Kier molecular flexibility index (Phi) is 3.39. The Balaban J connectivity index is 1.95. The number of hydrogen-bond acceptors (Lipinski definition) is 2. The van der Waals surface area contributed by atoms with Gasteiger partial charge in [0.1, 0.15) is 0 Å². The van der Waals surface area contributed by atoms with E-state index in [9.17, 15) is 5.11 Å². The Morgan fingerprint density at radius 3 is 2.60 bits per heavy atom. The third-order valence-electron chi connectivity index (χ3n) is 3.24. The van der Waals surface area contributed by atoms with Gasteiger partial charge in [-0.25, -0.2) is 0 Å². The van der Waals surface area contributed by atoms with Crippen molar-refractivity contribution in [3.63, 3.8) is 0 Å². The van der Waals surface area contributed by atoms with E-state index in [4.69, 9.17) is 0 Å². The van der Waals surface area contributed by atoms with Crippen molar-refractivity contribution >= 4 is 0 Å². The van der Waals surface area contributed by atoms with Crippen molar-refractivity contribution in [2.24, 2.45) is 0 Å². The molecule has 1 aliphatic rings. The summed E-state index contributed by atoms with van der Waals surface area (Å²) in [6.07, 6.45) is 3.02. The Bertz CT molecular complexity index is 299. The van der Waals surface area contributed by atoms with Crippen LogP contribution in [0.5, 0.6) is 0 Å². The first-order valence-electron chi connectivity index (χ1n) is 5.76. The van der Waals surface area contributed by atoms with E-state index < -0.39 is 0 Å². The molecule has 1 fully saturated rings. The third kappa shape index (κ3) is 2.58. The van der Waals surface area contributed by atoms with E-state index in [1.54, 1.807) is 0 Å². The molecule has 0 heterocycles. The summed E-state index contributed by atoms with van der Waals surface area (Å²) in [5, 5.41) is 13.2. The van der Waals surface area contributed by atoms with Gasteiger partial charge in [0.2, 0.25) is 0 Å². The van der Waals surface area contributed by atoms with Crippen molar-refractivity contribution in [1.29, 1.82) is 0 Å². The van der Waals surface area contributed by atoms with Gasteiger partial charge in [0.05, 0.1) is 6.10 Å². The average molecular weight is 205 g/mol. The predicted molar refractivity (Wildman–Crippen MR) is 61.6 cm³/mol. The van der Waals surface area contributed by atoms with Gasteiger partial charge >= 0.3 is 0 Å². The molecule has 0 radical (unpaired) electrons. The minimum atomic E-state index is -0.156. The number of aliphatic hydroxyl groups is 1. The summed E-state index contributed by atoms with van der Waals surface area (Å²) < 4.78 is 0. The molecule has 2 N–H and O–H groups in total. The first kappa shape index (κ1) is 10.7. The largest absolute Gasteiger partial charge is 0.392 e. The second-order valence-electron chi connectivity index (χ2n) is 4.40. The van der Waals surface area contributed by atoms with Crippen LogP contribution >= 0.6 is 0 Å². The fourth-order valence-corrected chi connectivity index (χ4v) is 2.29. The molecule has 1 aromatic carbocycles. The molecule has 2 heteroatoms. The predicted octanol–water partition coefficient (Wildman–Crippen LogP) is 2.25. The smallest absolute Gasteiger partial charge is 0.0693 e. The highest BCUT2D eigenvalue weighted by atomic mass is 16.3. The Labute approximate surface area is 91.3 Å². The van der Waals surface area contributed by atoms with Crippen LogP contribution in [-0.2, 0) is 0 Å². The highest BCUT2D eigenvalue weighted by Crippen LogP contribution is 2.22. The number of rotatable bonds is 3. The van der Waals surface area contributed by atoms with E-state index in [-0.39, 0.29) is 12.1 Å². The molecular weight excluding hydrogens is 186 g/mol. The summed E-state index contributed by atoms with van der Waals surface area (Å²) in [4.78, 5) is 0. The molecular formula is C13H19NO. The lowest BCUT2D eigenvalue weighted by atomic mass is 10.1. The van der Waals surface area contributed by atoms with Crippen molar-refractivity contribution < 1.29 is 5.11 Å². The number of nitrogens with one attached hydrogen (secondary N) is 1. The van der Waals surface area contributed by atoms with Crippen LogP contribution in [0.4, 0.5) is 0 Å². The second kappa shape index (κ2) is 4.77. The zero-order valence-corrected chi connectivity index (χ0v) is 9.19. The monoisotopic (exact) mass is 205 g/mol. The molecule has 0 spiro atoms. The Hall–Kier alpha value is -0.860. The highest BCUT2D eigenvalue weighted by Gasteiger charge is 2.26. The molecule has 15 heavy (non-hydrogen) atoms. The summed E-state index contributed by atoms with van der Waals surface area (Å²) in [6.45, 7) is 2.15. The van der Waals surface area contributed by atoms with Crippen molar-refractivity contribution in [2.45, 2.75) is 44.4 Å². The van der Waals surface area contributed by atoms with Crippen molar-refractivity contribution in [1.82, 2.24) is 5.32 Å². The summed E-state index contributed by atoms with van der Waals surface area (Å²) in [5.41, 5.74) is 1.29. The van der Waals surface area contributed by atoms with Crippen LogP contribution in [0.15, 0.2) is 30.3 Å². The molecule has 0 saturated heterocycles. The normalized spacial score (nSPS) is 27.9. The first-order valence-corrected chi connectivity index (χ1v) is 5.76. The molecule has 82 valence electrons. The van der Waals surface area contributed by atoms with E-state index in [0.717, 1.165) is 19.3 Å². The van der Waals surface area contributed by atoms with Gasteiger partial charge < -0.3 is 10.4 Å². The van der Waals surface area contributed by atoms with Crippen LogP contribution in [-0.4, -0.2) is 17.3 Å². The fraction of sp³-hybridized carbons (Fsp3) is 0.538. The lowest BCUT2D eigenvalue weighted by Crippen LogP contribution is -2.37. The van der Waals surface area contributed by atoms with E-state index in [0.29, 0.717) is 6.04 Å². The number of hydrogen-bond donors (Lipinski definition) is 2. The number of aliphatic hydroxyl groups excluding tert-OH is 1. The van der Waals surface area contributed by atoms with E-state index in [1.807, 2.05) is 6.07 Å². The third-order valence-corrected chi connectivity index (χ3v) is 3.24. The van der Waals surface area contributed by atoms with E-state index in [2.05, 4.69) is 36.5 Å². The van der Waals surface area contributed by atoms with Gasteiger partial charge in [0.15, 0.2) is 0 Å². The van der Waals surface area contributed by atoms with Crippen LogP contribution in [0.3, 0.4) is 0 Å².